The molecule has 4 heteroatoms. The Morgan fingerprint density at radius 2 is 2.64 bits per heavy atom. The molecule has 2 aliphatic heterocycles. The molecule has 4 nitrogen and oxygen atoms in total. The van der Waals surface area contributed by atoms with Crippen molar-refractivity contribution in [3.8, 4) is 0 Å². The van der Waals surface area contributed by atoms with E-state index in [-0.39, 0.29) is 0 Å². The molecule has 2 rings (SSSR count). The highest BCUT2D eigenvalue weighted by Crippen LogP contribution is 2.32. The van der Waals surface area contributed by atoms with Gasteiger partial charge in [-0.1, -0.05) is 0 Å². The Kier molecular flexibility index (Phi) is 1.27. The van der Waals surface area contributed by atoms with Crippen LogP contribution in [0, 0.1) is 0 Å². The molecule has 2 heterocycles. The van der Waals surface area contributed by atoms with Gasteiger partial charge in [-0.05, 0) is 18.9 Å². The van der Waals surface area contributed by atoms with Gasteiger partial charge in [-0.2, -0.15) is 0 Å². The summed E-state index contributed by atoms with van der Waals surface area (Å²) in [5.41, 5.74) is 0. The van der Waals surface area contributed by atoms with Gasteiger partial charge < -0.3 is 14.7 Å². The zero-order valence-electron chi connectivity index (χ0n) is 5.99. The number of hydrogen-bond acceptors (Lipinski definition) is 3. The van der Waals surface area contributed by atoms with Crippen LogP contribution in [0.3, 0.4) is 0 Å². The lowest BCUT2D eigenvalue weighted by Crippen LogP contribution is -2.43. The lowest BCUT2D eigenvalue weighted by Gasteiger charge is -2.37. The first-order valence-electron chi connectivity index (χ1n) is 3.65. The first-order chi connectivity index (χ1) is 5.27. The van der Waals surface area contributed by atoms with E-state index in [1.807, 2.05) is 11.0 Å². The van der Waals surface area contributed by atoms with Gasteiger partial charge in [0, 0.05) is 12.6 Å². The summed E-state index contributed by atoms with van der Waals surface area (Å²) in [7, 11) is 0. The highest BCUT2D eigenvalue weighted by Gasteiger charge is 2.35. The summed E-state index contributed by atoms with van der Waals surface area (Å²) >= 11 is 0. The normalized spacial score (nSPS) is 27.1. The van der Waals surface area contributed by atoms with Gasteiger partial charge in [-0.25, -0.2) is 4.79 Å². The Bertz CT molecular complexity index is 224. The molecule has 0 aromatic rings. The Hall–Kier alpha value is -1.19. The highest BCUT2D eigenvalue weighted by atomic mass is 16.7. The summed E-state index contributed by atoms with van der Waals surface area (Å²) in [6.07, 6.45) is 2.71. The molecular weight excluding hydrogens is 146 g/mol. The quantitative estimate of drug-likeness (QED) is 0.574. The smallest absolute Gasteiger partial charge is 0.449 e. The van der Waals surface area contributed by atoms with Crippen molar-refractivity contribution in [2.24, 2.45) is 0 Å². The van der Waals surface area contributed by atoms with E-state index in [2.05, 4.69) is 4.74 Å². The van der Waals surface area contributed by atoms with Crippen LogP contribution in [0.25, 0.3) is 0 Å². The Labute approximate surface area is 64.1 Å². The second-order valence-electron chi connectivity index (χ2n) is 2.78. The monoisotopic (exact) mass is 155 g/mol. The third kappa shape index (κ3) is 0.943. The average Bonchev–Trinajstić information content (AvgIpc) is 2.05. The van der Waals surface area contributed by atoms with Crippen LogP contribution in [0.2, 0.25) is 0 Å². The zero-order valence-corrected chi connectivity index (χ0v) is 5.99. The van der Waals surface area contributed by atoms with Crippen molar-refractivity contribution >= 4 is 6.16 Å². The predicted octanol–water partition coefficient (Wildman–Crippen LogP) is 1.00. The summed E-state index contributed by atoms with van der Waals surface area (Å²) in [4.78, 5) is 12.1. The number of ether oxygens (including phenoxy) is 1. The van der Waals surface area contributed by atoms with E-state index in [4.69, 9.17) is 5.11 Å². The molecule has 0 spiro atoms. The standard InChI is InChI=1S/C7H9NO3/c9-7(10)11-6-2-1-5-3-4-8(5)6/h2,5H,1,3-4H2,(H,9,10). The van der Waals surface area contributed by atoms with Crippen molar-refractivity contribution in [2.75, 3.05) is 6.54 Å². The number of hydrogen-bond donors (Lipinski definition) is 1. The van der Waals surface area contributed by atoms with Crippen molar-refractivity contribution in [1.29, 1.82) is 0 Å². The van der Waals surface area contributed by atoms with Gasteiger partial charge in [0.05, 0.1) is 0 Å². The highest BCUT2D eigenvalue weighted by molar-refractivity contribution is 5.58. The lowest BCUT2D eigenvalue weighted by molar-refractivity contribution is 0.0509. The van der Waals surface area contributed by atoms with Gasteiger partial charge in [0.15, 0.2) is 5.88 Å². The molecular formula is C7H9NO3. The van der Waals surface area contributed by atoms with Gasteiger partial charge >= 0.3 is 6.16 Å². The maximum Gasteiger partial charge on any atom is 0.512 e. The van der Waals surface area contributed by atoms with Crippen molar-refractivity contribution in [2.45, 2.75) is 18.9 Å². The van der Waals surface area contributed by atoms with E-state index < -0.39 is 6.16 Å². The molecule has 0 aromatic heterocycles. The minimum atomic E-state index is -1.22. The number of carboxylic acid groups (broad SMARTS) is 1. The van der Waals surface area contributed by atoms with Crippen LogP contribution in [0.5, 0.6) is 0 Å². The van der Waals surface area contributed by atoms with Crippen molar-refractivity contribution in [3.63, 3.8) is 0 Å². The predicted molar refractivity (Wildman–Crippen MR) is 36.9 cm³/mol. The maximum atomic E-state index is 10.1. The number of nitrogens with zero attached hydrogens (tertiary/aromatic N) is 1. The molecule has 1 N–H and O–H groups in total. The van der Waals surface area contributed by atoms with Gasteiger partial charge in [0.2, 0.25) is 0 Å². The summed E-state index contributed by atoms with van der Waals surface area (Å²) in [5, 5.41) is 8.31. The van der Waals surface area contributed by atoms with Gasteiger partial charge in [0.25, 0.3) is 0 Å². The molecule has 1 unspecified atom stereocenters. The second-order valence-corrected chi connectivity index (χ2v) is 2.78. The van der Waals surface area contributed by atoms with Crippen LogP contribution in [0.1, 0.15) is 12.8 Å². The Morgan fingerprint density at radius 1 is 1.82 bits per heavy atom. The first-order valence-corrected chi connectivity index (χ1v) is 3.65. The van der Waals surface area contributed by atoms with Crippen LogP contribution >= 0.6 is 0 Å². The SMILES string of the molecule is O=C(O)OC1=CCC2CCN12. The van der Waals surface area contributed by atoms with E-state index in [9.17, 15) is 4.79 Å². The minimum absolute atomic E-state index is 0.518. The van der Waals surface area contributed by atoms with E-state index in [1.54, 1.807) is 0 Å². The van der Waals surface area contributed by atoms with Crippen LogP contribution in [0.4, 0.5) is 4.79 Å². The van der Waals surface area contributed by atoms with Crippen LogP contribution in [-0.4, -0.2) is 28.7 Å². The first kappa shape index (κ1) is 6.52. The third-order valence-corrected chi connectivity index (χ3v) is 2.18. The summed E-state index contributed by atoms with van der Waals surface area (Å²) in [5.74, 6) is 0.522. The molecule has 2 aliphatic rings. The molecule has 11 heavy (non-hydrogen) atoms. The van der Waals surface area contributed by atoms with Crippen LogP contribution in [-0.2, 0) is 4.74 Å². The average molecular weight is 155 g/mol. The lowest BCUT2D eigenvalue weighted by atomic mass is 10.1. The van der Waals surface area contributed by atoms with Crippen LogP contribution < -0.4 is 0 Å². The number of rotatable bonds is 1. The topological polar surface area (TPSA) is 49.8 Å². The fourth-order valence-electron chi connectivity index (χ4n) is 1.52. The number of carbonyl (C=O) groups is 1. The molecule has 0 radical (unpaired) electrons. The molecule has 60 valence electrons. The van der Waals surface area contributed by atoms with E-state index in [1.165, 1.54) is 0 Å². The molecule has 0 amide bonds. The van der Waals surface area contributed by atoms with Crippen molar-refractivity contribution < 1.29 is 14.6 Å². The summed E-state index contributed by atoms with van der Waals surface area (Å²) < 4.78 is 4.55. The second kappa shape index (κ2) is 2.15. The van der Waals surface area contributed by atoms with Crippen molar-refractivity contribution in [1.82, 2.24) is 4.90 Å². The Morgan fingerprint density at radius 3 is 3.09 bits per heavy atom. The molecule has 1 saturated heterocycles. The van der Waals surface area contributed by atoms with Gasteiger partial charge in [-0.15, -0.1) is 0 Å². The van der Waals surface area contributed by atoms with Crippen molar-refractivity contribution in [3.05, 3.63) is 12.0 Å². The van der Waals surface area contributed by atoms with Gasteiger partial charge in [-0.3, -0.25) is 0 Å². The summed E-state index contributed by atoms with van der Waals surface area (Å²) in [6, 6.07) is 0.518. The van der Waals surface area contributed by atoms with E-state index >= 15 is 0 Å². The Balaban J connectivity index is 1.99. The van der Waals surface area contributed by atoms with E-state index in [0.29, 0.717) is 11.9 Å². The zero-order chi connectivity index (χ0) is 7.84. The molecule has 0 aliphatic carbocycles. The molecule has 0 saturated carbocycles. The summed E-state index contributed by atoms with van der Waals surface area (Å²) in [6.45, 7) is 0.934. The molecule has 0 bridgehead atoms. The fourth-order valence-corrected chi connectivity index (χ4v) is 1.52. The molecule has 0 aromatic carbocycles. The maximum absolute atomic E-state index is 10.1. The minimum Gasteiger partial charge on any atom is -0.449 e. The number of fused-ring (bicyclic) bond motifs is 1. The van der Waals surface area contributed by atoms with Crippen LogP contribution in [0.15, 0.2) is 12.0 Å². The molecule has 1 atom stereocenters. The fraction of sp³-hybridized carbons (Fsp3) is 0.571. The largest absolute Gasteiger partial charge is 0.512 e. The molecule has 1 fully saturated rings. The van der Waals surface area contributed by atoms with E-state index in [0.717, 1.165) is 19.4 Å². The third-order valence-electron chi connectivity index (χ3n) is 2.18. The van der Waals surface area contributed by atoms with Gasteiger partial charge in [0.1, 0.15) is 0 Å².